The highest BCUT2D eigenvalue weighted by atomic mass is 19.1. The van der Waals surface area contributed by atoms with E-state index in [2.05, 4.69) is 5.32 Å². The Morgan fingerprint density at radius 1 is 1.62 bits per heavy atom. The van der Waals surface area contributed by atoms with Crippen molar-refractivity contribution >= 4 is 5.91 Å². The van der Waals surface area contributed by atoms with E-state index in [0.29, 0.717) is 6.42 Å². The van der Waals surface area contributed by atoms with Crippen LogP contribution in [0, 0.1) is 5.82 Å². The van der Waals surface area contributed by atoms with Crippen molar-refractivity contribution < 1.29 is 9.18 Å². The molecule has 0 radical (unpaired) electrons. The summed E-state index contributed by atoms with van der Waals surface area (Å²) in [5.41, 5.74) is 6.90. The zero-order chi connectivity index (χ0) is 11.7. The van der Waals surface area contributed by atoms with E-state index in [4.69, 9.17) is 5.73 Å². The third kappa shape index (κ3) is 1.93. The van der Waals surface area contributed by atoms with E-state index in [1.807, 2.05) is 6.07 Å². The number of fused-ring (bicyclic) bond motifs is 1. The molecule has 0 saturated carbocycles. The van der Waals surface area contributed by atoms with Crippen molar-refractivity contribution in [2.45, 2.75) is 31.8 Å². The number of carbonyl (C=O) groups excluding carboxylic acids is 1. The molecule has 2 atom stereocenters. The minimum atomic E-state index is -0.390. The molecular formula is C12H15FN2O. The molecule has 1 amide bonds. The monoisotopic (exact) mass is 222 g/mol. The molecular weight excluding hydrogens is 207 g/mol. The molecule has 0 spiro atoms. The number of rotatable bonds is 3. The van der Waals surface area contributed by atoms with Crippen LogP contribution in [0.5, 0.6) is 0 Å². The maximum Gasteiger partial charge on any atom is 0.234 e. The lowest BCUT2D eigenvalue weighted by atomic mass is 10.1. The minimum Gasteiger partial charge on any atom is -0.368 e. The first-order chi connectivity index (χ1) is 7.59. The second-order valence-electron chi connectivity index (χ2n) is 4.19. The maximum absolute atomic E-state index is 13.4. The molecule has 1 aliphatic carbocycles. The number of primary amides is 1. The number of benzene rings is 1. The van der Waals surface area contributed by atoms with Gasteiger partial charge in [-0.15, -0.1) is 0 Å². The van der Waals surface area contributed by atoms with Gasteiger partial charge in [0.1, 0.15) is 5.82 Å². The number of nitrogens with two attached hydrogens (primary N) is 1. The molecule has 0 aromatic heterocycles. The Bertz CT molecular complexity index is 419. The van der Waals surface area contributed by atoms with Crippen molar-refractivity contribution in [1.82, 2.24) is 5.32 Å². The van der Waals surface area contributed by atoms with Crippen LogP contribution in [0.25, 0.3) is 0 Å². The van der Waals surface area contributed by atoms with Crippen LogP contribution in [-0.4, -0.2) is 11.9 Å². The van der Waals surface area contributed by atoms with E-state index in [1.165, 1.54) is 6.07 Å². The van der Waals surface area contributed by atoms with Gasteiger partial charge in [0.2, 0.25) is 5.91 Å². The molecule has 0 bridgehead atoms. The van der Waals surface area contributed by atoms with Gasteiger partial charge < -0.3 is 5.73 Å². The summed E-state index contributed by atoms with van der Waals surface area (Å²) in [6, 6.07) is 4.71. The molecule has 4 heteroatoms. The lowest BCUT2D eigenvalue weighted by Crippen LogP contribution is -2.40. The Morgan fingerprint density at radius 2 is 2.38 bits per heavy atom. The van der Waals surface area contributed by atoms with Crippen molar-refractivity contribution in [3.05, 3.63) is 35.1 Å². The lowest BCUT2D eigenvalue weighted by molar-refractivity contribution is -0.119. The fourth-order valence-corrected chi connectivity index (χ4v) is 2.17. The van der Waals surface area contributed by atoms with E-state index in [9.17, 15) is 9.18 Å². The average Bonchev–Trinajstić information content (AvgIpc) is 2.63. The summed E-state index contributed by atoms with van der Waals surface area (Å²) in [7, 11) is 0. The fraction of sp³-hybridized carbons (Fsp3) is 0.417. The highest BCUT2D eigenvalue weighted by Gasteiger charge is 2.26. The van der Waals surface area contributed by atoms with E-state index in [0.717, 1.165) is 17.5 Å². The van der Waals surface area contributed by atoms with Crippen LogP contribution in [0.15, 0.2) is 18.2 Å². The number of nitrogens with one attached hydrogen (secondary N) is 1. The van der Waals surface area contributed by atoms with Gasteiger partial charge in [-0.1, -0.05) is 12.1 Å². The number of halogens is 1. The Kier molecular flexibility index (Phi) is 2.92. The number of carbonyl (C=O) groups is 1. The van der Waals surface area contributed by atoms with E-state index in [1.54, 1.807) is 13.0 Å². The van der Waals surface area contributed by atoms with Gasteiger partial charge in [-0.3, -0.25) is 10.1 Å². The molecule has 1 aromatic rings. The Hall–Kier alpha value is -1.42. The van der Waals surface area contributed by atoms with Crippen LogP contribution in [-0.2, 0) is 11.2 Å². The molecule has 0 saturated heterocycles. The summed E-state index contributed by atoms with van der Waals surface area (Å²) in [5.74, 6) is -0.543. The van der Waals surface area contributed by atoms with Gasteiger partial charge in [0.05, 0.1) is 6.04 Å². The highest BCUT2D eigenvalue weighted by molar-refractivity contribution is 5.79. The number of hydrogen-bond acceptors (Lipinski definition) is 2. The first-order valence-corrected chi connectivity index (χ1v) is 5.42. The van der Waals surface area contributed by atoms with E-state index >= 15 is 0 Å². The summed E-state index contributed by atoms with van der Waals surface area (Å²) in [6.45, 7) is 1.72. The number of amides is 1. The van der Waals surface area contributed by atoms with Crippen molar-refractivity contribution in [3.63, 3.8) is 0 Å². The van der Waals surface area contributed by atoms with Crippen molar-refractivity contribution in [2.75, 3.05) is 0 Å². The second kappa shape index (κ2) is 4.22. The van der Waals surface area contributed by atoms with Gasteiger partial charge in [0.15, 0.2) is 0 Å². The zero-order valence-corrected chi connectivity index (χ0v) is 9.16. The first-order valence-electron chi connectivity index (χ1n) is 5.42. The molecule has 0 aliphatic heterocycles. The molecule has 3 N–H and O–H groups in total. The number of hydrogen-bond donors (Lipinski definition) is 2. The van der Waals surface area contributed by atoms with Gasteiger partial charge in [-0.25, -0.2) is 4.39 Å². The Balaban J connectivity index is 2.18. The van der Waals surface area contributed by atoms with E-state index in [-0.39, 0.29) is 23.8 Å². The average molecular weight is 222 g/mol. The van der Waals surface area contributed by atoms with Gasteiger partial charge in [-0.2, -0.15) is 0 Å². The summed E-state index contributed by atoms with van der Waals surface area (Å²) < 4.78 is 13.4. The molecule has 1 aliphatic rings. The predicted octanol–water partition coefficient (Wildman–Crippen LogP) is 1.28. The summed E-state index contributed by atoms with van der Waals surface area (Å²) >= 11 is 0. The van der Waals surface area contributed by atoms with Crippen LogP contribution in [0.4, 0.5) is 4.39 Å². The third-order valence-electron chi connectivity index (χ3n) is 3.09. The normalized spacial score (nSPS) is 20.5. The van der Waals surface area contributed by atoms with Crippen LogP contribution >= 0.6 is 0 Å². The predicted molar refractivity (Wildman–Crippen MR) is 59.3 cm³/mol. The maximum atomic E-state index is 13.4. The molecule has 3 nitrogen and oxygen atoms in total. The Morgan fingerprint density at radius 3 is 3.06 bits per heavy atom. The van der Waals surface area contributed by atoms with Gasteiger partial charge in [0.25, 0.3) is 0 Å². The van der Waals surface area contributed by atoms with Gasteiger partial charge in [0, 0.05) is 6.04 Å². The molecule has 2 rings (SSSR count). The first kappa shape index (κ1) is 11.1. The second-order valence-corrected chi connectivity index (χ2v) is 4.19. The zero-order valence-electron chi connectivity index (χ0n) is 9.16. The topological polar surface area (TPSA) is 55.1 Å². The van der Waals surface area contributed by atoms with Crippen molar-refractivity contribution in [2.24, 2.45) is 5.73 Å². The molecule has 0 heterocycles. The molecule has 0 fully saturated rings. The van der Waals surface area contributed by atoms with Crippen LogP contribution in [0.2, 0.25) is 0 Å². The molecule has 2 unspecified atom stereocenters. The highest BCUT2D eigenvalue weighted by Crippen LogP contribution is 2.32. The minimum absolute atomic E-state index is 0.0354. The molecule has 1 aromatic carbocycles. The fourth-order valence-electron chi connectivity index (χ4n) is 2.17. The van der Waals surface area contributed by atoms with Gasteiger partial charge >= 0.3 is 0 Å². The quantitative estimate of drug-likeness (QED) is 0.809. The van der Waals surface area contributed by atoms with Crippen molar-refractivity contribution in [3.8, 4) is 0 Å². The summed E-state index contributed by atoms with van der Waals surface area (Å²) in [6.07, 6.45) is 1.53. The van der Waals surface area contributed by atoms with Crippen molar-refractivity contribution in [1.29, 1.82) is 0 Å². The standard InChI is InChI=1S/C12H15FN2O/c1-7(12(14)16)15-11-6-5-8-9(11)3-2-4-10(8)13/h2-4,7,11,15H,5-6H2,1H3,(H2,14,16). The van der Waals surface area contributed by atoms with E-state index < -0.39 is 0 Å². The smallest absolute Gasteiger partial charge is 0.234 e. The van der Waals surface area contributed by atoms with Gasteiger partial charge in [-0.05, 0) is 37.0 Å². The lowest BCUT2D eigenvalue weighted by Gasteiger charge is -2.17. The SMILES string of the molecule is CC(NC1CCc2c(F)cccc21)C(N)=O. The molecule has 86 valence electrons. The third-order valence-corrected chi connectivity index (χ3v) is 3.09. The van der Waals surface area contributed by atoms with Crippen LogP contribution < -0.4 is 11.1 Å². The Labute approximate surface area is 93.8 Å². The summed E-state index contributed by atoms with van der Waals surface area (Å²) in [5, 5.41) is 3.12. The van der Waals surface area contributed by atoms with Crippen LogP contribution in [0.3, 0.4) is 0 Å². The largest absolute Gasteiger partial charge is 0.368 e. The molecule has 16 heavy (non-hydrogen) atoms. The van der Waals surface area contributed by atoms with Crippen LogP contribution in [0.1, 0.15) is 30.5 Å². The summed E-state index contributed by atoms with van der Waals surface area (Å²) in [4.78, 5) is 11.0.